The molecule has 1 rings (SSSR count). The smallest absolute Gasteiger partial charge is 0.236 e. The highest BCUT2D eigenvalue weighted by Gasteiger charge is 2.37. The minimum absolute atomic E-state index is 0.0439. The van der Waals surface area contributed by atoms with Gasteiger partial charge in [-0.2, -0.15) is 0 Å². The van der Waals surface area contributed by atoms with Crippen LogP contribution >= 0.6 is 0 Å². The van der Waals surface area contributed by atoms with Crippen LogP contribution < -0.4 is 5.73 Å². The molecule has 116 valence electrons. The van der Waals surface area contributed by atoms with Gasteiger partial charge in [-0.15, -0.1) is 0 Å². The monoisotopic (exact) mass is 285 g/mol. The third-order valence-corrected chi connectivity index (χ3v) is 3.81. The van der Waals surface area contributed by atoms with Crippen LogP contribution in [0.3, 0.4) is 0 Å². The normalized spacial score (nSPS) is 18.6. The minimum Gasteiger partial charge on any atom is -0.409 e. The molecular formula is C13H27N5O2. The first-order valence-corrected chi connectivity index (χ1v) is 6.93. The molecule has 0 aromatic carbocycles. The summed E-state index contributed by atoms with van der Waals surface area (Å²) in [5.41, 5.74) is 4.65. The average Bonchev–Trinajstić information content (AvgIpc) is 2.43. The molecule has 0 unspecified atom stereocenters. The standard InChI is InChI=1S/C13H27N5O2/c1-13(2,11(14)15-20)12(19)18-9-7-17(8-10-18)6-5-16(3)4/h20H,5-10H2,1-4H3,(H2,14,15). The maximum Gasteiger partial charge on any atom is 0.236 e. The predicted octanol–water partition coefficient (Wildman–Crippen LogP) is -0.535. The number of amidine groups is 1. The minimum atomic E-state index is -0.958. The van der Waals surface area contributed by atoms with Crippen LogP contribution in [-0.4, -0.2) is 85.0 Å². The van der Waals surface area contributed by atoms with Crippen LogP contribution in [0.1, 0.15) is 13.8 Å². The Bertz CT molecular complexity index is 360. The molecule has 0 aromatic rings. The highest BCUT2D eigenvalue weighted by Crippen LogP contribution is 2.20. The summed E-state index contributed by atoms with van der Waals surface area (Å²) in [5, 5.41) is 11.7. The van der Waals surface area contributed by atoms with Crippen LogP contribution in [0.25, 0.3) is 0 Å². The molecule has 1 fully saturated rings. The topological polar surface area (TPSA) is 85.4 Å². The van der Waals surface area contributed by atoms with Crippen molar-refractivity contribution in [2.45, 2.75) is 13.8 Å². The van der Waals surface area contributed by atoms with E-state index in [1.54, 1.807) is 18.7 Å². The maximum absolute atomic E-state index is 12.4. The number of nitrogens with zero attached hydrogens (tertiary/aromatic N) is 4. The Morgan fingerprint density at radius 2 is 1.85 bits per heavy atom. The van der Waals surface area contributed by atoms with Gasteiger partial charge >= 0.3 is 0 Å². The van der Waals surface area contributed by atoms with Crippen molar-refractivity contribution in [1.82, 2.24) is 14.7 Å². The molecule has 0 radical (unpaired) electrons. The number of carbonyl (C=O) groups excluding carboxylic acids is 1. The van der Waals surface area contributed by atoms with Crippen molar-refractivity contribution in [3.05, 3.63) is 0 Å². The summed E-state index contributed by atoms with van der Waals surface area (Å²) >= 11 is 0. The van der Waals surface area contributed by atoms with E-state index >= 15 is 0 Å². The summed E-state index contributed by atoms with van der Waals surface area (Å²) in [6, 6.07) is 0. The van der Waals surface area contributed by atoms with E-state index in [4.69, 9.17) is 10.9 Å². The lowest BCUT2D eigenvalue weighted by Crippen LogP contribution is -2.55. The molecule has 0 aliphatic carbocycles. The van der Waals surface area contributed by atoms with Gasteiger partial charge in [0.25, 0.3) is 0 Å². The van der Waals surface area contributed by atoms with E-state index < -0.39 is 5.41 Å². The second-order valence-electron chi connectivity index (χ2n) is 6.05. The lowest BCUT2D eigenvalue weighted by atomic mass is 9.90. The maximum atomic E-state index is 12.4. The average molecular weight is 285 g/mol. The second-order valence-corrected chi connectivity index (χ2v) is 6.05. The SMILES string of the molecule is CN(C)CCN1CCN(C(=O)C(C)(C)C(N)=NO)CC1. The van der Waals surface area contributed by atoms with Gasteiger partial charge in [0.2, 0.25) is 5.91 Å². The molecule has 0 aromatic heterocycles. The first-order chi connectivity index (χ1) is 9.28. The van der Waals surface area contributed by atoms with Crippen LogP contribution in [0.5, 0.6) is 0 Å². The van der Waals surface area contributed by atoms with Gasteiger partial charge in [0.1, 0.15) is 5.41 Å². The molecule has 1 saturated heterocycles. The molecule has 20 heavy (non-hydrogen) atoms. The quantitative estimate of drug-likeness (QED) is 0.307. The molecule has 1 amide bonds. The molecule has 1 heterocycles. The summed E-state index contributed by atoms with van der Waals surface area (Å²) in [4.78, 5) is 18.7. The molecule has 0 saturated carbocycles. The molecule has 1 aliphatic rings. The van der Waals surface area contributed by atoms with Crippen LogP contribution in [0.15, 0.2) is 5.16 Å². The van der Waals surface area contributed by atoms with E-state index in [-0.39, 0.29) is 11.7 Å². The fourth-order valence-corrected chi connectivity index (χ4v) is 2.15. The van der Waals surface area contributed by atoms with E-state index in [1.807, 2.05) is 0 Å². The molecule has 7 nitrogen and oxygen atoms in total. The van der Waals surface area contributed by atoms with Crippen molar-refractivity contribution < 1.29 is 10.0 Å². The van der Waals surface area contributed by atoms with Crippen molar-refractivity contribution in [2.75, 3.05) is 53.4 Å². The number of rotatable bonds is 5. The number of hydrogen-bond donors (Lipinski definition) is 2. The Balaban J connectivity index is 2.51. The summed E-state index contributed by atoms with van der Waals surface area (Å²) < 4.78 is 0. The molecule has 7 heteroatoms. The third-order valence-electron chi connectivity index (χ3n) is 3.81. The van der Waals surface area contributed by atoms with Crippen LogP contribution in [-0.2, 0) is 4.79 Å². The number of hydrogen-bond acceptors (Lipinski definition) is 5. The molecule has 0 spiro atoms. The third kappa shape index (κ3) is 4.08. The Kier molecular flexibility index (Phi) is 5.76. The highest BCUT2D eigenvalue weighted by atomic mass is 16.4. The Morgan fingerprint density at radius 3 is 2.30 bits per heavy atom. The summed E-state index contributed by atoms with van der Waals surface area (Å²) in [5.74, 6) is -0.127. The summed E-state index contributed by atoms with van der Waals surface area (Å²) in [6.45, 7) is 8.51. The summed E-state index contributed by atoms with van der Waals surface area (Å²) in [6.07, 6.45) is 0. The predicted molar refractivity (Wildman–Crippen MR) is 78.8 cm³/mol. The summed E-state index contributed by atoms with van der Waals surface area (Å²) in [7, 11) is 4.11. The molecule has 0 atom stereocenters. The van der Waals surface area contributed by atoms with Crippen molar-refractivity contribution >= 4 is 11.7 Å². The number of nitrogens with two attached hydrogens (primary N) is 1. The van der Waals surface area contributed by atoms with E-state index in [0.717, 1.165) is 26.2 Å². The number of carbonyl (C=O) groups is 1. The Morgan fingerprint density at radius 1 is 1.30 bits per heavy atom. The lowest BCUT2D eigenvalue weighted by Gasteiger charge is -2.38. The van der Waals surface area contributed by atoms with Crippen molar-refractivity contribution in [3.8, 4) is 0 Å². The van der Waals surface area contributed by atoms with Crippen molar-refractivity contribution in [2.24, 2.45) is 16.3 Å². The highest BCUT2D eigenvalue weighted by molar-refractivity contribution is 6.05. The first kappa shape index (κ1) is 16.7. The molecular weight excluding hydrogens is 258 g/mol. The van der Waals surface area contributed by atoms with Gasteiger partial charge in [-0.25, -0.2) is 0 Å². The molecule has 0 bridgehead atoms. The Hall–Kier alpha value is -1.34. The number of amides is 1. The van der Waals surface area contributed by atoms with Crippen molar-refractivity contribution in [3.63, 3.8) is 0 Å². The fourth-order valence-electron chi connectivity index (χ4n) is 2.15. The number of likely N-dealkylation sites (N-methyl/N-ethyl adjacent to an activating group) is 1. The van der Waals surface area contributed by atoms with Gasteiger partial charge in [0, 0.05) is 39.3 Å². The van der Waals surface area contributed by atoms with E-state index in [0.29, 0.717) is 13.1 Å². The molecule has 1 aliphatic heterocycles. The van der Waals surface area contributed by atoms with Crippen LogP contribution in [0.4, 0.5) is 0 Å². The van der Waals surface area contributed by atoms with Gasteiger partial charge in [0.15, 0.2) is 5.84 Å². The number of oxime groups is 1. The zero-order valence-corrected chi connectivity index (χ0v) is 13.0. The van der Waals surface area contributed by atoms with Gasteiger partial charge < -0.3 is 20.7 Å². The van der Waals surface area contributed by atoms with E-state index in [9.17, 15) is 4.79 Å². The van der Waals surface area contributed by atoms with Gasteiger partial charge in [0.05, 0.1) is 0 Å². The Labute approximate surface area is 121 Å². The van der Waals surface area contributed by atoms with Gasteiger partial charge in [-0.1, -0.05) is 5.16 Å². The van der Waals surface area contributed by atoms with Crippen molar-refractivity contribution in [1.29, 1.82) is 0 Å². The van der Waals surface area contributed by atoms with Crippen LogP contribution in [0, 0.1) is 5.41 Å². The van der Waals surface area contributed by atoms with E-state index in [1.165, 1.54) is 0 Å². The van der Waals surface area contributed by atoms with Crippen LogP contribution in [0.2, 0.25) is 0 Å². The number of piperazine rings is 1. The first-order valence-electron chi connectivity index (χ1n) is 6.93. The van der Waals surface area contributed by atoms with Gasteiger partial charge in [-0.05, 0) is 27.9 Å². The molecule has 3 N–H and O–H groups in total. The zero-order valence-electron chi connectivity index (χ0n) is 13.0. The largest absolute Gasteiger partial charge is 0.409 e. The lowest BCUT2D eigenvalue weighted by molar-refractivity contribution is -0.138. The van der Waals surface area contributed by atoms with Gasteiger partial charge in [-0.3, -0.25) is 9.69 Å². The zero-order chi connectivity index (χ0) is 15.3. The van der Waals surface area contributed by atoms with E-state index in [2.05, 4.69) is 29.1 Å². The second kappa shape index (κ2) is 6.90. The fraction of sp³-hybridized carbons (Fsp3) is 0.846.